The van der Waals surface area contributed by atoms with Crippen molar-refractivity contribution < 1.29 is 35.5 Å². The van der Waals surface area contributed by atoms with Gasteiger partial charge in [-0.2, -0.15) is 30.7 Å². The number of alkyl halides is 7. The van der Waals surface area contributed by atoms with Crippen LogP contribution in [0.1, 0.15) is 6.42 Å². The lowest BCUT2D eigenvalue weighted by atomic mass is 10.1. The Kier molecular flexibility index (Phi) is 2.46. The standard InChI is InChI=1S/C6H5F7O/c7-4(8,2-5(9,10)11)6(12,13)3-1-14-3/h3H,1-2H2. The molecule has 0 aromatic carbocycles. The van der Waals surface area contributed by atoms with Gasteiger partial charge in [0.15, 0.2) is 6.10 Å². The Morgan fingerprint density at radius 1 is 1.00 bits per heavy atom. The summed E-state index contributed by atoms with van der Waals surface area (Å²) < 4.78 is 88.4. The molecule has 1 atom stereocenters. The normalized spacial score (nSPS) is 23.8. The number of hydrogen-bond donors (Lipinski definition) is 0. The van der Waals surface area contributed by atoms with Gasteiger partial charge >= 0.3 is 18.0 Å². The summed E-state index contributed by atoms with van der Waals surface area (Å²) in [5.74, 6) is -9.88. The van der Waals surface area contributed by atoms with E-state index in [0.717, 1.165) is 0 Å². The van der Waals surface area contributed by atoms with Gasteiger partial charge in [0.1, 0.15) is 6.42 Å². The quantitative estimate of drug-likeness (QED) is 0.532. The van der Waals surface area contributed by atoms with Gasteiger partial charge in [0, 0.05) is 0 Å². The Labute approximate surface area is 73.8 Å². The van der Waals surface area contributed by atoms with E-state index in [1.165, 1.54) is 0 Å². The van der Waals surface area contributed by atoms with E-state index in [9.17, 15) is 30.7 Å². The summed E-state index contributed by atoms with van der Waals surface area (Å²) in [7, 11) is 0. The molecule has 1 nitrogen and oxygen atoms in total. The Morgan fingerprint density at radius 3 is 1.71 bits per heavy atom. The molecule has 1 unspecified atom stereocenters. The van der Waals surface area contributed by atoms with Gasteiger partial charge in [0.25, 0.3) is 0 Å². The first-order chi connectivity index (χ1) is 6.06. The van der Waals surface area contributed by atoms with Crippen LogP contribution in [0.3, 0.4) is 0 Å². The molecule has 8 heteroatoms. The molecule has 0 bridgehead atoms. The zero-order valence-corrected chi connectivity index (χ0v) is 6.55. The molecule has 0 saturated carbocycles. The van der Waals surface area contributed by atoms with Gasteiger partial charge in [-0.15, -0.1) is 0 Å². The third kappa shape index (κ3) is 2.28. The minimum atomic E-state index is -5.33. The van der Waals surface area contributed by atoms with Crippen LogP contribution in [-0.4, -0.2) is 30.7 Å². The molecule has 1 aliphatic rings. The monoisotopic (exact) mass is 226 g/mol. The maximum atomic E-state index is 12.5. The first kappa shape index (κ1) is 11.5. The lowest BCUT2D eigenvalue weighted by Crippen LogP contribution is -2.47. The lowest BCUT2D eigenvalue weighted by Gasteiger charge is -2.25. The summed E-state index contributed by atoms with van der Waals surface area (Å²) in [5.41, 5.74) is 0. The van der Waals surface area contributed by atoms with E-state index in [1.807, 2.05) is 0 Å². The topological polar surface area (TPSA) is 12.5 Å². The van der Waals surface area contributed by atoms with Gasteiger partial charge in [-0.3, -0.25) is 0 Å². The summed E-state index contributed by atoms with van der Waals surface area (Å²) in [4.78, 5) is 0. The SMILES string of the molecule is FC(F)(F)CC(F)(F)C(F)(F)C1CO1. The van der Waals surface area contributed by atoms with E-state index in [4.69, 9.17) is 0 Å². The number of ether oxygens (including phenoxy) is 1. The molecule has 0 aromatic rings. The van der Waals surface area contributed by atoms with Crippen molar-refractivity contribution in [2.45, 2.75) is 30.5 Å². The highest BCUT2D eigenvalue weighted by molar-refractivity contribution is 4.97. The molecule has 1 fully saturated rings. The van der Waals surface area contributed by atoms with Crippen LogP contribution >= 0.6 is 0 Å². The van der Waals surface area contributed by atoms with Crippen molar-refractivity contribution in [1.29, 1.82) is 0 Å². The Balaban J connectivity index is 2.72. The van der Waals surface area contributed by atoms with Crippen LogP contribution in [0.25, 0.3) is 0 Å². The zero-order valence-electron chi connectivity index (χ0n) is 6.55. The maximum Gasteiger partial charge on any atom is 0.395 e. The van der Waals surface area contributed by atoms with Crippen LogP contribution in [0, 0.1) is 0 Å². The van der Waals surface area contributed by atoms with Gasteiger partial charge < -0.3 is 4.74 Å². The molecule has 1 heterocycles. The van der Waals surface area contributed by atoms with E-state index in [-0.39, 0.29) is 0 Å². The lowest BCUT2D eigenvalue weighted by molar-refractivity contribution is -0.268. The van der Waals surface area contributed by atoms with E-state index in [0.29, 0.717) is 0 Å². The van der Waals surface area contributed by atoms with Crippen molar-refractivity contribution in [3.8, 4) is 0 Å². The molecule has 0 N–H and O–H groups in total. The second-order valence-electron chi connectivity index (χ2n) is 2.94. The largest absolute Gasteiger partial charge is 0.395 e. The van der Waals surface area contributed by atoms with Crippen molar-refractivity contribution in [3.05, 3.63) is 0 Å². The summed E-state index contributed by atoms with van der Waals surface area (Å²) in [6, 6.07) is 0. The first-order valence-electron chi connectivity index (χ1n) is 3.50. The van der Waals surface area contributed by atoms with Gasteiger partial charge in [-0.1, -0.05) is 0 Å². The fourth-order valence-electron chi connectivity index (χ4n) is 0.863. The van der Waals surface area contributed by atoms with Crippen LogP contribution in [0.4, 0.5) is 30.7 Å². The molecule has 0 radical (unpaired) electrons. The fourth-order valence-corrected chi connectivity index (χ4v) is 0.863. The van der Waals surface area contributed by atoms with E-state index < -0.39 is 37.2 Å². The van der Waals surface area contributed by atoms with Gasteiger partial charge in [0.2, 0.25) is 0 Å². The number of epoxide rings is 1. The summed E-state index contributed by atoms with van der Waals surface area (Å²) in [6.07, 6.45) is -10.3. The van der Waals surface area contributed by atoms with Crippen LogP contribution in [0.2, 0.25) is 0 Å². The van der Waals surface area contributed by atoms with Crippen molar-refractivity contribution in [1.82, 2.24) is 0 Å². The number of rotatable bonds is 3. The maximum absolute atomic E-state index is 12.5. The number of hydrogen-bond acceptors (Lipinski definition) is 1. The average Bonchev–Trinajstić information content (AvgIpc) is 2.59. The molecule has 1 saturated heterocycles. The van der Waals surface area contributed by atoms with Crippen molar-refractivity contribution in [3.63, 3.8) is 0 Å². The summed E-state index contributed by atoms with van der Waals surface area (Å²) in [5, 5.41) is 0. The van der Waals surface area contributed by atoms with E-state index in [1.54, 1.807) is 0 Å². The molecule has 0 amide bonds. The Hall–Kier alpha value is -0.530. The third-order valence-electron chi connectivity index (χ3n) is 1.65. The van der Waals surface area contributed by atoms with E-state index in [2.05, 4.69) is 4.74 Å². The van der Waals surface area contributed by atoms with Crippen LogP contribution < -0.4 is 0 Å². The molecule has 0 aliphatic carbocycles. The molecular formula is C6H5F7O. The van der Waals surface area contributed by atoms with Gasteiger partial charge in [0.05, 0.1) is 6.61 Å². The zero-order chi connectivity index (χ0) is 11.2. The minimum Gasteiger partial charge on any atom is -0.366 e. The molecule has 0 aromatic heterocycles. The molecule has 1 aliphatic heterocycles. The summed E-state index contributed by atoms with van der Waals surface area (Å²) >= 11 is 0. The van der Waals surface area contributed by atoms with Crippen molar-refractivity contribution >= 4 is 0 Å². The predicted molar refractivity (Wildman–Crippen MR) is 30.3 cm³/mol. The second kappa shape index (κ2) is 2.98. The second-order valence-corrected chi connectivity index (χ2v) is 2.94. The highest BCUT2D eigenvalue weighted by atomic mass is 19.4. The minimum absolute atomic E-state index is 0.638. The molecule has 84 valence electrons. The van der Waals surface area contributed by atoms with E-state index >= 15 is 0 Å². The van der Waals surface area contributed by atoms with Crippen LogP contribution in [0.15, 0.2) is 0 Å². The molecular weight excluding hydrogens is 221 g/mol. The smallest absolute Gasteiger partial charge is 0.366 e. The Morgan fingerprint density at radius 2 is 1.43 bits per heavy atom. The van der Waals surface area contributed by atoms with Gasteiger partial charge in [-0.05, 0) is 0 Å². The van der Waals surface area contributed by atoms with Crippen LogP contribution in [0.5, 0.6) is 0 Å². The van der Waals surface area contributed by atoms with Crippen molar-refractivity contribution in [2.24, 2.45) is 0 Å². The van der Waals surface area contributed by atoms with Gasteiger partial charge in [-0.25, -0.2) is 0 Å². The Bertz CT molecular complexity index is 217. The first-order valence-corrected chi connectivity index (χ1v) is 3.50. The highest BCUT2D eigenvalue weighted by Crippen LogP contribution is 2.47. The molecule has 14 heavy (non-hydrogen) atoms. The van der Waals surface area contributed by atoms with Crippen LogP contribution in [-0.2, 0) is 4.74 Å². The molecule has 0 spiro atoms. The summed E-state index contributed by atoms with van der Waals surface area (Å²) in [6.45, 7) is -0.638. The predicted octanol–water partition coefficient (Wildman–Crippen LogP) is 2.61. The highest BCUT2D eigenvalue weighted by Gasteiger charge is 2.68. The molecule has 1 rings (SSSR count). The van der Waals surface area contributed by atoms with Crippen molar-refractivity contribution in [2.75, 3.05) is 6.61 Å². The third-order valence-corrected chi connectivity index (χ3v) is 1.65. The fraction of sp³-hybridized carbons (Fsp3) is 1.00. The average molecular weight is 226 g/mol. The number of halogens is 7.